The molecular weight excluding hydrogens is 427 g/mol. The molecule has 5 nitrogen and oxygen atoms in total. The van der Waals surface area contributed by atoms with Crippen molar-refractivity contribution in [1.82, 2.24) is 10.2 Å². The van der Waals surface area contributed by atoms with Gasteiger partial charge in [0.15, 0.2) is 6.04 Å². The van der Waals surface area contributed by atoms with Gasteiger partial charge in [-0.15, -0.1) is 11.3 Å². The number of halogens is 1. The summed E-state index contributed by atoms with van der Waals surface area (Å²) in [7, 11) is 0. The number of hydrogen-bond acceptors (Lipinski definition) is 4. The number of furan rings is 1. The highest BCUT2D eigenvalue weighted by atomic mass is 32.1. The summed E-state index contributed by atoms with van der Waals surface area (Å²) in [6.45, 7) is 1.96. The van der Waals surface area contributed by atoms with Gasteiger partial charge in [0.25, 0.3) is 11.8 Å². The van der Waals surface area contributed by atoms with Gasteiger partial charge in [-0.2, -0.15) is 0 Å². The second-order valence-corrected chi connectivity index (χ2v) is 9.18. The van der Waals surface area contributed by atoms with Crippen molar-refractivity contribution in [1.29, 1.82) is 0 Å². The van der Waals surface area contributed by atoms with Crippen LogP contribution >= 0.6 is 11.3 Å². The molecule has 1 unspecified atom stereocenters. The predicted octanol–water partition coefficient (Wildman–Crippen LogP) is 5.62. The maximum atomic E-state index is 13.6. The summed E-state index contributed by atoms with van der Waals surface area (Å²) >= 11 is 1.32. The fraction of sp³-hybridized carbons (Fsp3) is 0.360. The average molecular weight is 455 g/mol. The fourth-order valence-corrected chi connectivity index (χ4v) is 4.84. The first-order chi connectivity index (χ1) is 15.5. The SMILES string of the molecule is Cc1ccc(C(C(=O)NC2CCCCC2)N(Cc2ccc(F)cc2)C(=O)c2cccs2)o1. The maximum Gasteiger partial charge on any atom is 0.265 e. The molecule has 3 aromatic rings. The molecule has 1 fully saturated rings. The summed E-state index contributed by atoms with van der Waals surface area (Å²) in [5, 5.41) is 4.98. The Morgan fingerprint density at radius 1 is 1.12 bits per heavy atom. The van der Waals surface area contributed by atoms with Gasteiger partial charge in [-0.3, -0.25) is 9.59 Å². The monoisotopic (exact) mass is 454 g/mol. The van der Waals surface area contributed by atoms with Crippen LogP contribution in [0.25, 0.3) is 0 Å². The van der Waals surface area contributed by atoms with Crippen LogP contribution in [0.4, 0.5) is 4.39 Å². The largest absolute Gasteiger partial charge is 0.464 e. The van der Waals surface area contributed by atoms with Gasteiger partial charge in [0.05, 0.1) is 4.88 Å². The molecule has 2 amide bonds. The van der Waals surface area contributed by atoms with Gasteiger partial charge in [-0.05, 0) is 61.0 Å². The number of thiophene rings is 1. The highest BCUT2D eigenvalue weighted by Crippen LogP contribution is 2.29. The summed E-state index contributed by atoms with van der Waals surface area (Å²) in [6.07, 6.45) is 5.23. The maximum absolute atomic E-state index is 13.6. The molecule has 0 radical (unpaired) electrons. The normalized spacial score (nSPS) is 15.3. The molecule has 2 aromatic heterocycles. The lowest BCUT2D eigenvalue weighted by atomic mass is 9.95. The van der Waals surface area contributed by atoms with Crippen molar-refractivity contribution in [3.8, 4) is 0 Å². The molecule has 0 aliphatic heterocycles. The van der Waals surface area contributed by atoms with E-state index in [9.17, 15) is 14.0 Å². The van der Waals surface area contributed by atoms with E-state index in [4.69, 9.17) is 4.42 Å². The van der Waals surface area contributed by atoms with Gasteiger partial charge in [0.1, 0.15) is 17.3 Å². The summed E-state index contributed by atoms with van der Waals surface area (Å²) in [5.74, 6) is 0.224. The van der Waals surface area contributed by atoms with Crippen LogP contribution in [0, 0.1) is 12.7 Å². The Bertz CT molecular complexity index is 1040. The standard InChI is InChI=1S/C25H27FN2O3S/c1-17-9-14-21(31-17)23(24(29)27-20-6-3-2-4-7-20)28(25(30)22-8-5-15-32-22)16-18-10-12-19(26)13-11-18/h5,8-15,20,23H,2-4,6-7,16H2,1H3,(H,27,29). The van der Waals surface area contributed by atoms with Gasteiger partial charge in [-0.1, -0.05) is 37.5 Å². The van der Waals surface area contributed by atoms with Crippen LogP contribution < -0.4 is 5.32 Å². The molecule has 7 heteroatoms. The summed E-state index contributed by atoms with van der Waals surface area (Å²) in [4.78, 5) is 29.2. The highest BCUT2D eigenvalue weighted by molar-refractivity contribution is 7.12. The van der Waals surface area contributed by atoms with E-state index in [1.807, 2.05) is 18.4 Å². The van der Waals surface area contributed by atoms with Gasteiger partial charge < -0.3 is 14.6 Å². The molecular formula is C25H27FN2O3S. The van der Waals surface area contributed by atoms with Crippen LogP contribution in [0.15, 0.2) is 58.3 Å². The van der Waals surface area contributed by atoms with E-state index in [0.29, 0.717) is 16.4 Å². The quantitative estimate of drug-likeness (QED) is 0.504. The Labute approximate surface area is 191 Å². The molecule has 1 aliphatic rings. The first-order valence-corrected chi connectivity index (χ1v) is 11.8. The molecule has 1 aromatic carbocycles. The zero-order chi connectivity index (χ0) is 22.5. The minimum Gasteiger partial charge on any atom is -0.464 e. The number of amides is 2. The summed E-state index contributed by atoms with van der Waals surface area (Å²) < 4.78 is 19.3. The van der Waals surface area contributed by atoms with E-state index in [-0.39, 0.29) is 30.2 Å². The molecule has 1 aliphatic carbocycles. The number of rotatable bonds is 7. The number of carbonyl (C=O) groups excluding carboxylic acids is 2. The van der Waals surface area contributed by atoms with Crippen molar-refractivity contribution < 1.29 is 18.4 Å². The van der Waals surface area contributed by atoms with Crippen molar-refractivity contribution in [3.05, 3.63) is 81.7 Å². The first-order valence-electron chi connectivity index (χ1n) is 11.0. The number of nitrogens with zero attached hydrogens (tertiary/aromatic N) is 1. The van der Waals surface area contributed by atoms with Crippen molar-refractivity contribution in [3.63, 3.8) is 0 Å². The predicted molar refractivity (Wildman–Crippen MR) is 122 cm³/mol. The Morgan fingerprint density at radius 3 is 2.50 bits per heavy atom. The van der Waals surface area contributed by atoms with E-state index in [1.54, 1.807) is 30.3 Å². The smallest absolute Gasteiger partial charge is 0.265 e. The molecule has 4 rings (SSSR count). The number of nitrogens with one attached hydrogen (secondary N) is 1. The molecule has 0 spiro atoms. The van der Waals surface area contributed by atoms with Crippen LogP contribution in [0.3, 0.4) is 0 Å². The van der Waals surface area contributed by atoms with Crippen LogP contribution in [0.2, 0.25) is 0 Å². The number of carbonyl (C=O) groups is 2. The Hall–Kier alpha value is -2.93. The third-order valence-electron chi connectivity index (χ3n) is 5.80. The van der Waals surface area contributed by atoms with Crippen LogP contribution in [-0.2, 0) is 11.3 Å². The van der Waals surface area contributed by atoms with Gasteiger partial charge in [0.2, 0.25) is 0 Å². The third-order valence-corrected chi connectivity index (χ3v) is 6.66. The van der Waals surface area contributed by atoms with Crippen molar-refractivity contribution in [2.45, 2.75) is 57.7 Å². The molecule has 0 saturated heterocycles. The topological polar surface area (TPSA) is 62.6 Å². The lowest BCUT2D eigenvalue weighted by Crippen LogP contribution is -2.46. The van der Waals surface area contributed by atoms with Gasteiger partial charge >= 0.3 is 0 Å². The lowest BCUT2D eigenvalue weighted by molar-refractivity contribution is -0.127. The molecule has 0 bridgehead atoms. The molecule has 1 saturated carbocycles. The van der Waals surface area contributed by atoms with Crippen LogP contribution in [0.5, 0.6) is 0 Å². The second kappa shape index (κ2) is 10.1. The average Bonchev–Trinajstić information content (AvgIpc) is 3.47. The van der Waals surface area contributed by atoms with Gasteiger partial charge in [0, 0.05) is 12.6 Å². The van der Waals surface area contributed by atoms with E-state index in [1.165, 1.54) is 34.8 Å². The Balaban J connectivity index is 1.69. The zero-order valence-corrected chi connectivity index (χ0v) is 18.9. The fourth-order valence-electron chi connectivity index (χ4n) is 4.16. The summed E-state index contributed by atoms with van der Waals surface area (Å²) in [6, 6.07) is 12.2. The Kier molecular flexibility index (Phi) is 7.05. The second-order valence-electron chi connectivity index (χ2n) is 8.23. The van der Waals surface area contributed by atoms with Gasteiger partial charge in [-0.25, -0.2) is 4.39 Å². The molecule has 168 valence electrons. The highest BCUT2D eigenvalue weighted by Gasteiger charge is 2.36. The van der Waals surface area contributed by atoms with E-state index >= 15 is 0 Å². The summed E-state index contributed by atoms with van der Waals surface area (Å²) in [5.41, 5.74) is 0.732. The van der Waals surface area contributed by atoms with E-state index < -0.39 is 6.04 Å². The molecule has 1 atom stereocenters. The van der Waals surface area contributed by atoms with Crippen molar-refractivity contribution in [2.24, 2.45) is 0 Å². The molecule has 1 N–H and O–H groups in total. The van der Waals surface area contributed by atoms with Crippen molar-refractivity contribution >= 4 is 23.2 Å². The molecule has 2 heterocycles. The first kappa shape index (κ1) is 22.3. The van der Waals surface area contributed by atoms with E-state index in [2.05, 4.69) is 5.32 Å². The minimum absolute atomic E-state index is 0.0966. The lowest BCUT2D eigenvalue weighted by Gasteiger charge is -2.32. The van der Waals surface area contributed by atoms with Crippen molar-refractivity contribution in [2.75, 3.05) is 0 Å². The molecule has 32 heavy (non-hydrogen) atoms. The third kappa shape index (κ3) is 5.27. The Morgan fingerprint density at radius 2 is 1.88 bits per heavy atom. The van der Waals surface area contributed by atoms with Crippen LogP contribution in [-0.4, -0.2) is 22.8 Å². The van der Waals surface area contributed by atoms with E-state index in [0.717, 1.165) is 31.2 Å². The minimum atomic E-state index is -0.926. The number of hydrogen-bond donors (Lipinski definition) is 1. The number of benzene rings is 1. The van der Waals surface area contributed by atoms with Crippen LogP contribution in [0.1, 0.15) is 64.9 Å². The number of aryl methyl sites for hydroxylation is 1. The zero-order valence-electron chi connectivity index (χ0n) is 18.1.